The molecule has 1 amide bonds. The highest BCUT2D eigenvalue weighted by Crippen LogP contribution is 2.33. The van der Waals surface area contributed by atoms with Crippen LogP contribution in [0, 0.1) is 0 Å². The Hall–Kier alpha value is -4.27. The van der Waals surface area contributed by atoms with Gasteiger partial charge in [-0.05, 0) is 54.4 Å². The summed E-state index contributed by atoms with van der Waals surface area (Å²) in [6, 6.07) is 18.5. The molecule has 1 N–H and O–H groups in total. The molecule has 0 aliphatic rings. The minimum Gasteiger partial charge on any atom is -0.480 e. The second kappa shape index (κ2) is 12.1. The van der Waals surface area contributed by atoms with Crippen LogP contribution < -0.4 is 15.6 Å². The predicted molar refractivity (Wildman–Crippen MR) is 150 cm³/mol. The van der Waals surface area contributed by atoms with Gasteiger partial charge in [0.25, 0.3) is 5.56 Å². The number of hydrogen-bond acceptors (Lipinski definition) is 6. The SMILES string of the molecule is COc1nn(C(Cc2ccccc2)C(=O)Nc2ccc(C=O)c(Cl)c2)c(=O)cc1-c1cc(Cl)ccc1C(C)=O. The summed E-state index contributed by atoms with van der Waals surface area (Å²) >= 11 is 12.3. The Balaban J connectivity index is 1.81. The Morgan fingerprint density at radius 1 is 1.03 bits per heavy atom. The Kier molecular flexibility index (Phi) is 8.59. The van der Waals surface area contributed by atoms with Gasteiger partial charge in [-0.3, -0.25) is 19.2 Å². The number of benzene rings is 3. The third-order valence-corrected chi connectivity index (χ3v) is 6.59. The van der Waals surface area contributed by atoms with E-state index in [0.717, 1.165) is 10.2 Å². The number of nitrogens with one attached hydrogen (secondary N) is 1. The Morgan fingerprint density at radius 2 is 1.77 bits per heavy atom. The summed E-state index contributed by atoms with van der Waals surface area (Å²) in [6.07, 6.45) is 0.749. The van der Waals surface area contributed by atoms with E-state index >= 15 is 0 Å². The first kappa shape index (κ1) is 27.8. The number of carbonyl (C=O) groups is 3. The highest BCUT2D eigenvalue weighted by molar-refractivity contribution is 6.33. The minimum atomic E-state index is -1.08. The van der Waals surface area contributed by atoms with E-state index in [1.54, 1.807) is 18.2 Å². The highest BCUT2D eigenvalue weighted by Gasteiger charge is 2.26. The van der Waals surface area contributed by atoms with Crippen LogP contribution in [0.15, 0.2) is 77.6 Å². The lowest BCUT2D eigenvalue weighted by atomic mass is 9.98. The van der Waals surface area contributed by atoms with Crippen molar-refractivity contribution in [2.75, 3.05) is 12.4 Å². The molecule has 4 aromatic rings. The molecule has 1 unspecified atom stereocenters. The molecular weight excluding hydrogens is 541 g/mol. The van der Waals surface area contributed by atoms with Gasteiger partial charge in [-0.1, -0.05) is 53.5 Å². The van der Waals surface area contributed by atoms with Crippen molar-refractivity contribution < 1.29 is 19.1 Å². The van der Waals surface area contributed by atoms with E-state index < -0.39 is 17.5 Å². The van der Waals surface area contributed by atoms with Gasteiger partial charge >= 0.3 is 0 Å². The standard InChI is InChI=1S/C29H23Cl2N3O5/c1-17(36)22-11-9-20(30)13-23(22)24-15-27(37)34(33-29(24)39-2)26(12-18-6-4-3-5-7-18)28(38)32-21-10-8-19(16-35)25(31)14-21/h3-11,13-16,26H,12H2,1-2H3,(H,32,38). The van der Waals surface area contributed by atoms with Gasteiger partial charge in [0.15, 0.2) is 12.1 Å². The molecule has 10 heteroatoms. The number of rotatable bonds is 9. The highest BCUT2D eigenvalue weighted by atomic mass is 35.5. The molecule has 0 radical (unpaired) electrons. The van der Waals surface area contributed by atoms with Gasteiger partial charge in [-0.25, -0.2) is 4.68 Å². The zero-order valence-electron chi connectivity index (χ0n) is 21.0. The normalized spacial score (nSPS) is 11.5. The number of methoxy groups -OCH3 is 1. The van der Waals surface area contributed by atoms with E-state index in [-0.39, 0.29) is 34.2 Å². The number of hydrogen-bond donors (Lipinski definition) is 1. The van der Waals surface area contributed by atoms with Gasteiger partial charge in [-0.2, -0.15) is 0 Å². The summed E-state index contributed by atoms with van der Waals surface area (Å²) in [6.45, 7) is 1.40. The number of amides is 1. The molecule has 3 aromatic carbocycles. The fraction of sp³-hybridized carbons (Fsp3) is 0.138. The molecule has 0 aliphatic heterocycles. The van der Waals surface area contributed by atoms with Gasteiger partial charge in [0.05, 0.1) is 17.7 Å². The van der Waals surface area contributed by atoms with Crippen LogP contribution in [-0.4, -0.2) is 34.9 Å². The second-order valence-corrected chi connectivity index (χ2v) is 9.49. The van der Waals surface area contributed by atoms with E-state index in [1.165, 1.54) is 38.3 Å². The molecule has 39 heavy (non-hydrogen) atoms. The van der Waals surface area contributed by atoms with Crippen molar-refractivity contribution in [1.82, 2.24) is 9.78 Å². The predicted octanol–water partition coefficient (Wildman–Crippen LogP) is 5.66. The van der Waals surface area contributed by atoms with E-state index in [2.05, 4.69) is 10.4 Å². The maximum atomic E-state index is 13.6. The molecule has 0 saturated carbocycles. The van der Waals surface area contributed by atoms with Crippen LogP contribution in [0.3, 0.4) is 0 Å². The van der Waals surface area contributed by atoms with Gasteiger partial charge in [0.1, 0.15) is 6.04 Å². The molecular formula is C29H23Cl2N3O5. The summed E-state index contributed by atoms with van der Waals surface area (Å²) < 4.78 is 6.55. The Bertz CT molecular complexity index is 1620. The first-order valence-corrected chi connectivity index (χ1v) is 12.6. The maximum absolute atomic E-state index is 13.6. The van der Waals surface area contributed by atoms with Crippen molar-refractivity contribution >= 4 is 46.9 Å². The fourth-order valence-corrected chi connectivity index (χ4v) is 4.52. The van der Waals surface area contributed by atoms with Crippen molar-refractivity contribution in [3.05, 3.63) is 110 Å². The molecule has 0 aliphatic carbocycles. The van der Waals surface area contributed by atoms with Gasteiger partial charge < -0.3 is 10.1 Å². The second-order valence-electron chi connectivity index (χ2n) is 8.65. The summed E-state index contributed by atoms with van der Waals surface area (Å²) in [4.78, 5) is 50.4. The number of carbonyl (C=O) groups excluding carboxylic acids is 3. The quantitative estimate of drug-likeness (QED) is 0.208. The molecule has 1 atom stereocenters. The van der Waals surface area contributed by atoms with Crippen molar-refractivity contribution in [2.45, 2.75) is 19.4 Å². The number of halogens is 2. The maximum Gasteiger partial charge on any atom is 0.268 e. The van der Waals surface area contributed by atoms with Gasteiger partial charge in [-0.15, -0.1) is 5.10 Å². The summed E-state index contributed by atoms with van der Waals surface area (Å²) in [5, 5.41) is 7.68. The monoisotopic (exact) mass is 563 g/mol. The lowest BCUT2D eigenvalue weighted by Crippen LogP contribution is -2.36. The molecule has 0 fully saturated rings. The number of nitrogens with zero attached hydrogens (tertiary/aromatic N) is 2. The van der Waals surface area contributed by atoms with E-state index in [1.807, 2.05) is 30.3 Å². The number of aromatic nitrogens is 2. The number of aldehydes is 1. The van der Waals surface area contributed by atoms with Gasteiger partial charge in [0, 0.05) is 34.3 Å². The number of ketones is 1. The van der Waals surface area contributed by atoms with Crippen LogP contribution in [0.2, 0.25) is 10.0 Å². The molecule has 1 heterocycles. The molecule has 0 spiro atoms. The summed E-state index contributed by atoms with van der Waals surface area (Å²) in [5.74, 6) is -0.734. The molecule has 0 bridgehead atoms. The zero-order valence-corrected chi connectivity index (χ0v) is 22.5. The molecule has 0 saturated heterocycles. The third-order valence-electron chi connectivity index (χ3n) is 6.03. The first-order chi connectivity index (χ1) is 18.7. The minimum absolute atomic E-state index is 0.0311. The summed E-state index contributed by atoms with van der Waals surface area (Å²) in [7, 11) is 1.38. The zero-order chi connectivity index (χ0) is 28.1. The largest absolute Gasteiger partial charge is 0.480 e. The third kappa shape index (κ3) is 6.25. The molecule has 1 aromatic heterocycles. The van der Waals surface area contributed by atoms with E-state index in [0.29, 0.717) is 28.1 Å². The van der Waals surface area contributed by atoms with Crippen LogP contribution in [-0.2, 0) is 11.2 Å². The van der Waals surface area contributed by atoms with E-state index in [4.69, 9.17) is 27.9 Å². The van der Waals surface area contributed by atoms with Crippen LogP contribution in [0.5, 0.6) is 5.88 Å². The van der Waals surface area contributed by atoms with Crippen LogP contribution in [0.1, 0.15) is 39.2 Å². The Morgan fingerprint density at radius 3 is 2.41 bits per heavy atom. The molecule has 198 valence electrons. The smallest absolute Gasteiger partial charge is 0.268 e. The van der Waals surface area contributed by atoms with Crippen molar-refractivity contribution in [3.8, 4) is 17.0 Å². The molecule has 4 rings (SSSR count). The van der Waals surface area contributed by atoms with Crippen LogP contribution in [0.25, 0.3) is 11.1 Å². The Labute approximate surface area is 234 Å². The topological polar surface area (TPSA) is 107 Å². The molecule has 8 nitrogen and oxygen atoms in total. The fourth-order valence-electron chi connectivity index (χ4n) is 4.12. The van der Waals surface area contributed by atoms with Crippen LogP contribution >= 0.6 is 23.2 Å². The first-order valence-electron chi connectivity index (χ1n) is 11.8. The van der Waals surface area contributed by atoms with Crippen LogP contribution in [0.4, 0.5) is 5.69 Å². The van der Waals surface area contributed by atoms with Crippen molar-refractivity contribution in [1.29, 1.82) is 0 Å². The average molecular weight is 564 g/mol. The van der Waals surface area contributed by atoms with Crippen molar-refractivity contribution in [3.63, 3.8) is 0 Å². The van der Waals surface area contributed by atoms with E-state index in [9.17, 15) is 19.2 Å². The van der Waals surface area contributed by atoms with Gasteiger partial charge in [0.2, 0.25) is 11.8 Å². The number of ether oxygens (including phenoxy) is 1. The number of Topliss-reactive ketones (excluding diaryl/α,β-unsaturated/α-hetero) is 1. The summed E-state index contributed by atoms with van der Waals surface area (Å²) in [5.41, 5.74) is 1.81. The number of anilines is 1. The lowest BCUT2D eigenvalue weighted by Gasteiger charge is -2.20. The van der Waals surface area contributed by atoms with Crippen molar-refractivity contribution in [2.24, 2.45) is 0 Å². The lowest BCUT2D eigenvalue weighted by molar-refractivity contribution is -0.119. The average Bonchev–Trinajstić information content (AvgIpc) is 2.92.